The highest BCUT2D eigenvalue weighted by molar-refractivity contribution is 6.33. The monoisotopic (exact) mass is 333 g/mol. The lowest BCUT2D eigenvalue weighted by Gasteiger charge is -2.29. The minimum Gasteiger partial charge on any atom is -0.383 e. The fourth-order valence-electron chi connectivity index (χ4n) is 2.41. The van der Waals surface area contributed by atoms with Crippen molar-refractivity contribution in [1.82, 2.24) is 9.97 Å². The average Bonchev–Trinajstić information content (AvgIpc) is 2.56. The fourth-order valence-corrected chi connectivity index (χ4v) is 2.71. The molecule has 0 amide bonds. The molecule has 7 nitrogen and oxygen atoms in total. The van der Waals surface area contributed by atoms with Crippen LogP contribution in [0.5, 0.6) is 0 Å². The Labute approximate surface area is 138 Å². The Morgan fingerprint density at radius 2 is 2.09 bits per heavy atom. The van der Waals surface area contributed by atoms with Crippen LogP contribution < -0.4 is 16.0 Å². The van der Waals surface area contributed by atoms with Crippen LogP contribution in [-0.2, 0) is 4.74 Å². The largest absolute Gasteiger partial charge is 0.383 e. The van der Waals surface area contributed by atoms with E-state index in [9.17, 15) is 4.79 Å². The van der Waals surface area contributed by atoms with Crippen molar-refractivity contribution in [2.24, 2.45) is 0 Å². The maximum Gasteiger partial charge on any atom is 0.157 e. The number of carbonyl (C=O) groups is 1. The predicted molar refractivity (Wildman–Crippen MR) is 89.6 cm³/mol. The van der Waals surface area contributed by atoms with E-state index >= 15 is 0 Å². The number of nitrogen functional groups attached to an aromatic ring is 1. The van der Waals surface area contributed by atoms with E-state index in [4.69, 9.17) is 22.1 Å². The number of aromatic nitrogens is 2. The highest BCUT2D eigenvalue weighted by Crippen LogP contribution is 2.31. The lowest BCUT2D eigenvalue weighted by atomic mass is 10.2. The van der Waals surface area contributed by atoms with Gasteiger partial charge in [0.2, 0.25) is 0 Å². The number of hydrogen-bond donors (Lipinski definition) is 2. The van der Waals surface area contributed by atoms with Gasteiger partial charge in [-0.2, -0.15) is 0 Å². The van der Waals surface area contributed by atoms with Gasteiger partial charge in [0.15, 0.2) is 6.29 Å². The van der Waals surface area contributed by atoms with Crippen molar-refractivity contribution in [3.63, 3.8) is 0 Å². The van der Waals surface area contributed by atoms with Gasteiger partial charge in [0.05, 0.1) is 29.5 Å². The Morgan fingerprint density at radius 1 is 1.30 bits per heavy atom. The SMILES string of the molecule is Nc1ncnc(Nc2ccc(N3CCOCC3)c(Cl)c2)c1C=O. The number of nitrogens with zero attached hydrogens (tertiary/aromatic N) is 3. The molecule has 0 bridgehead atoms. The van der Waals surface area contributed by atoms with Crippen LogP contribution in [0, 0.1) is 0 Å². The third-order valence-electron chi connectivity index (χ3n) is 3.59. The van der Waals surface area contributed by atoms with Gasteiger partial charge in [0.1, 0.15) is 18.0 Å². The molecule has 1 saturated heterocycles. The molecule has 0 saturated carbocycles. The lowest BCUT2D eigenvalue weighted by Crippen LogP contribution is -2.36. The number of nitrogens with two attached hydrogens (primary N) is 1. The highest BCUT2D eigenvalue weighted by atomic mass is 35.5. The number of benzene rings is 1. The molecule has 8 heteroatoms. The van der Waals surface area contributed by atoms with Crippen molar-refractivity contribution in [2.45, 2.75) is 0 Å². The van der Waals surface area contributed by atoms with Crippen molar-refractivity contribution in [3.8, 4) is 0 Å². The molecule has 1 aliphatic heterocycles. The van der Waals surface area contributed by atoms with E-state index in [-0.39, 0.29) is 11.4 Å². The molecular weight excluding hydrogens is 318 g/mol. The maximum atomic E-state index is 11.1. The van der Waals surface area contributed by atoms with Gasteiger partial charge in [-0.1, -0.05) is 11.6 Å². The topological polar surface area (TPSA) is 93.4 Å². The Kier molecular flexibility index (Phi) is 4.59. The minimum absolute atomic E-state index is 0.133. The number of rotatable bonds is 4. The van der Waals surface area contributed by atoms with E-state index in [2.05, 4.69) is 20.2 Å². The Bertz CT molecular complexity index is 719. The predicted octanol–water partition coefficient (Wildman–Crippen LogP) is 2.10. The van der Waals surface area contributed by atoms with E-state index in [1.807, 2.05) is 12.1 Å². The first-order chi connectivity index (χ1) is 11.2. The summed E-state index contributed by atoms with van der Waals surface area (Å²) in [5.41, 5.74) is 7.57. The summed E-state index contributed by atoms with van der Waals surface area (Å²) in [6, 6.07) is 5.60. The van der Waals surface area contributed by atoms with Crippen molar-refractivity contribution in [1.29, 1.82) is 0 Å². The zero-order valence-electron chi connectivity index (χ0n) is 12.3. The summed E-state index contributed by atoms with van der Waals surface area (Å²) in [6.07, 6.45) is 1.93. The van der Waals surface area contributed by atoms with Crippen LogP contribution in [0.1, 0.15) is 10.4 Å². The molecular formula is C15H16ClN5O2. The van der Waals surface area contributed by atoms with Crippen LogP contribution in [0.3, 0.4) is 0 Å². The van der Waals surface area contributed by atoms with E-state index in [1.54, 1.807) is 6.07 Å². The molecule has 0 radical (unpaired) electrons. The molecule has 0 aliphatic carbocycles. The molecule has 23 heavy (non-hydrogen) atoms. The van der Waals surface area contributed by atoms with Gasteiger partial charge in [0.25, 0.3) is 0 Å². The van der Waals surface area contributed by atoms with E-state index in [0.29, 0.717) is 36.0 Å². The number of ether oxygens (including phenoxy) is 1. The Hall–Kier alpha value is -2.38. The molecule has 1 fully saturated rings. The summed E-state index contributed by atoms with van der Waals surface area (Å²) in [6.45, 7) is 3.01. The van der Waals surface area contributed by atoms with Crippen LogP contribution in [0.4, 0.5) is 23.0 Å². The summed E-state index contributed by atoms with van der Waals surface area (Å²) in [4.78, 5) is 21.1. The normalized spacial score (nSPS) is 14.6. The van der Waals surface area contributed by atoms with Gasteiger partial charge in [-0.3, -0.25) is 4.79 Å². The van der Waals surface area contributed by atoms with Crippen LogP contribution in [0.2, 0.25) is 5.02 Å². The van der Waals surface area contributed by atoms with Gasteiger partial charge >= 0.3 is 0 Å². The van der Waals surface area contributed by atoms with Crippen molar-refractivity contribution in [2.75, 3.05) is 42.3 Å². The summed E-state index contributed by atoms with van der Waals surface area (Å²) < 4.78 is 5.34. The average molecular weight is 334 g/mol. The molecule has 1 aromatic carbocycles. The Morgan fingerprint density at radius 3 is 2.78 bits per heavy atom. The number of morpholine rings is 1. The van der Waals surface area contributed by atoms with Crippen molar-refractivity contribution in [3.05, 3.63) is 35.1 Å². The third-order valence-corrected chi connectivity index (χ3v) is 3.90. The summed E-state index contributed by atoms with van der Waals surface area (Å²) in [5, 5.41) is 3.66. The summed E-state index contributed by atoms with van der Waals surface area (Å²) in [7, 11) is 0. The number of aldehydes is 1. The standard InChI is InChI=1S/C15H16ClN5O2/c16-12-7-10(1-2-13(12)21-3-5-23-6-4-21)20-15-11(8-22)14(17)18-9-19-15/h1-2,7-9H,3-6H2,(H3,17,18,19,20). The van der Waals surface area contributed by atoms with Gasteiger partial charge < -0.3 is 20.7 Å². The van der Waals surface area contributed by atoms with Crippen LogP contribution in [0.15, 0.2) is 24.5 Å². The minimum atomic E-state index is 0.133. The molecule has 120 valence electrons. The van der Waals surface area contributed by atoms with Gasteiger partial charge in [-0.25, -0.2) is 9.97 Å². The zero-order valence-corrected chi connectivity index (χ0v) is 13.1. The first-order valence-electron chi connectivity index (χ1n) is 7.14. The first-order valence-corrected chi connectivity index (χ1v) is 7.52. The molecule has 3 N–H and O–H groups in total. The van der Waals surface area contributed by atoms with Gasteiger partial charge in [0, 0.05) is 18.8 Å². The van der Waals surface area contributed by atoms with E-state index in [1.165, 1.54) is 6.33 Å². The summed E-state index contributed by atoms with van der Waals surface area (Å²) in [5.74, 6) is 0.483. The molecule has 1 aromatic heterocycles. The van der Waals surface area contributed by atoms with Crippen molar-refractivity contribution < 1.29 is 9.53 Å². The lowest BCUT2D eigenvalue weighted by molar-refractivity contribution is 0.112. The molecule has 0 unspecified atom stereocenters. The smallest absolute Gasteiger partial charge is 0.157 e. The summed E-state index contributed by atoms with van der Waals surface area (Å²) >= 11 is 6.38. The molecule has 0 atom stereocenters. The molecule has 2 heterocycles. The first kappa shape index (κ1) is 15.5. The second kappa shape index (κ2) is 6.80. The molecule has 1 aliphatic rings. The Balaban J connectivity index is 1.83. The maximum absolute atomic E-state index is 11.1. The van der Waals surface area contributed by atoms with Crippen LogP contribution in [-0.4, -0.2) is 42.6 Å². The highest BCUT2D eigenvalue weighted by Gasteiger charge is 2.15. The number of hydrogen-bond acceptors (Lipinski definition) is 7. The molecule has 3 rings (SSSR count). The number of carbonyl (C=O) groups excluding carboxylic acids is 1. The second-order valence-corrected chi connectivity index (χ2v) is 5.44. The quantitative estimate of drug-likeness (QED) is 0.827. The van der Waals surface area contributed by atoms with Crippen molar-refractivity contribution >= 4 is 40.9 Å². The van der Waals surface area contributed by atoms with E-state index < -0.39 is 0 Å². The third kappa shape index (κ3) is 3.35. The molecule has 0 spiro atoms. The molecule has 2 aromatic rings. The number of anilines is 4. The number of nitrogens with one attached hydrogen (secondary N) is 1. The van der Waals surface area contributed by atoms with Crippen LogP contribution in [0.25, 0.3) is 0 Å². The van der Waals surface area contributed by atoms with Gasteiger partial charge in [-0.05, 0) is 18.2 Å². The second-order valence-electron chi connectivity index (χ2n) is 5.03. The zero-order chi connectivity index (χ0) is 16.2. The fraction of sp³-hybridized carbons (Fsp3) is 0.267. The number of halogens is 1. The van der Waals surface area contributed by atoms with E-state index in [0.717, 1.165) is 18.8 Å². The van der Waals surface area contributed by atoms with Crippen LogP contribution >= 0.6 is 11.6 Å². The van der Waals surface area contributed by atoms with Gasteiger partial charge in [-0.15, -0.1) is 0 Å².